The lowest BCUT2D eigenvalue weighted by Crippen LogP contribution is -2.51. The zero-order valence-electron chi connectivity index (χ0n) is 18.3. The molecule has 2 aliphatic rings. The van der Waals surface area contributed by atoms with Crippen LogP contribution in [0.5, 0.6) is 34.5 Å². The van der Waals surface area contributed by atoms with Gasteiger partial charge >= 0.3 is 0 Å². The Morgan fingerprint density at radius 3 is 2.50 bits per heavy atom. The van der Waals surface area contributed by atoms with Gasteiger partial charge in [0, 0.05) is 13.0 Å². The Labute approximate surface area is 186 Å². The minimum atomic E-state index is -0.876. The number of β-amino-alcohol motifs (C(OH)–C–C–N with tert-alkyl or cyclic N) is 1. The lowest BCUT2D eigenvalue weighted by molar-refractivity contribution is -0.0215. The van der Waals surface area contributed by atoms with Crippen LogP contribution in [0.3, 0.4) is 0 Å². The van der Waals surface area contributed by atoms with Crippen LogP contribution in [0, 0.1) is 0 Å². The van der Waals surface area contributed by atoms with Crippen molar-refractivity contribution in [3.63, 3.8) is 0 Å². The summed E-state index contributed by atoms with van der Waals surface area (Å²) < 4.78 is 33.4. The number of piperidine rings is 1. The fraction of sp³-hybridized carbons (Fsp3) is 0.435. The smallest absolute Gasteiger partial charge is 0.257 e. The molecule has 2 heterocycles. The topological polar surface area (TPSA) is 95.9 Å². The second-order valence-electron chi connectivity index (χ2n) is 7.43. The van der Waals surface area contributed by atoms with Crippen molar-refractivity contribution in [2.75, 3.05) is 47.6 Å². The molecule has 2 aromatic rings. The van der Waals surface area contributed by atoms with Gasteiger partial charge in [0.1, 0.15) is 25.4 Å². The van der Waals surface area contributed by atoms with Crippen molar-refractivity contribution in [1.82, 2.24) is 4.90 Å². The minimum absolute atomic E-state index is 0.118. The number of hydrogen-bond donors (Lipinski definition) is 1. The van der Waals surface area contributed by atoms with Crippen molar-refractivity contribution in [3.05, 3.63) is 35.9 Å². The first kappa shape index (κ1) is 21.9. The van der Waals surface area contributed by atoms with Gasteiger partial charge in [0.05, 0.1) is 33.4 Å². The van der Waals surface area contributed by atoms with E-state index in [4.69, 9.17) is 28.4 Å². The number of para-hydroxylation sites is 1. The van der Waals surface area contributed by atoms with E-state index in [0.29, 0.717) is 60.5 Å². The van der Waals surface area contributed by atoms with Gasteiger partial charge in [-0.15, -0.1) is 0 Å². The van der Waals surface area contributed by atoms with Gasteiger partial charge in [0.25, 0.3) is 5.91 Å². The van der Waals surface area contributed by atoms with E-state index in [1.807, 2.05) is 12.1 Å². The van der Waals surface area contributed by atoms with Gasteiger partial charge in [-0.05, 0) is 24.3 Å². The molecule has 2 aliphatic heterocycles. The summed E-state index contributed by atoms with van der Waals surface area (Å²) in [7, 11) is 4.47. The lowest BCUT2D eigenvalue weighted by atomic mass is 10.0. The van der Waals surface area contributed by atoms with Crippen molar-refractivity contribution >= 4 is 5.91 Å². The van der Waals surface area contributed by atoms with E-state index in [0.717, 1.165) is 0 Å². The molecule has 0 saturated carbocycles. The van der Waals surface area contributed by atoms with E-state index in [1.165, 1.54) is 21.3 Å². The third-order valence-electron chi connectivity index (χ3n) is 5.55. The number of aliphatic hydroxyl groups is 1. The molecule has 0 bridgehead atoms. The zero-order chi connectivity index (χ0) is 22.7. The highest BCUT2D eigenvalue weighted by Gasteiger charge is 2.34. The van der Waals surface area contributed by atoms with Gasteiger partial charge in [-0.1, -0.05) is 6.07 Å². The Hall–Kier alpha value is -3.33. The molecule has 32 heavy (non-hydrogen) atoms. The van der Waals surface area contributed by atoms with E-state index in [9.17, 15) is 9.90 Å². The maximum atomic E-state index is 13.2. The normalized spacial score (nSPS) is 19.8. The molecule has 0 radical (unpaired) electrons. The van der Waals surface area contributed by atoms with Gasteiger partial charge in [0.2, 0.25) is 11.5 Å². The minimum Gasteiger partial charge on any atom is -0.493 e. The van der Waals surface area contributed by atoms with Crippen LogP contribution < -0.4 is 28.4 Å². The van der Waals surface area contributed by atoms with Crippen molar-refractivity contribution < 1.29 is 38.3 Å². The fourth-order valence-corrected chi connectivity index (χ4v) is 3.97. The van der Waals surface area contributed by atoms with Crippen molar-refractivity contribution in [1.29, 1.82) is 0 Å². The number of rotatable bonds is 6. The Kier molecular flexibility index (Phi) is 6.45. The molecule has 1 fully saturated rings. The predicted octanol–water partition coefficient (Wildman–Crippen LogP) is 2.14. The molecular weight excluding hydrogens is 418 g/mol. The zero-order valence-corrected chi connectivity index (χ0v) is 18.3. The molecule has 0 unspecified atom stereocenters. The van der Waals surface area contributed by atoms with Crippen LogP contribution in [0.15, 0.2) is 30.3 Å². The highest BCUT2D eigenvalue weighted by atomic mass is 16.6. The number of amides is 1. The Morgan fingerprint density at radius 2 is 1.78 bits per heavy atom. The molecule has 0 aliphatic carbocycles. The van der Waals surface area contributed by atoms with E-state index < -0.39 is 12.2 Å². The first-order valence-electron chi connectivity index (χ1n) is 10.4. The van der Waals surface area contributed by atoms with E-state index in [1.54, 1.807) is 23.1 Å². The van der Waals surface area contributed by atoms with Gasteiger partial charge < -0.3 is 38.4 Å². The molecule has 0 spiro atoms. The van der Waals surface area contributed by atoms with Crippen LogP contribution in [0.1, 0.15) is 16.8 Å². The molecule has 9 heteroatoms. The van der Waals surface area contributed by atoms with Gasteiger partial charge in [-0.2, -0.15) is 0 Å². The predicted molar refractivity (Wildman–Crippen MR) is 114 cm³/mol. The fourth-order valence-electron chi connectivity index (χ4n) is 3.97. The summed E-state index contributed by atoms with van der Waals surface area (Å²) in [5, 5.41) is 10.7. The third-order valence-corrected chi connectivity index (χ3v) is 5.55. The van der Waals surface area contributed by atoms with Gasteiger partial charge in [0.15, 0.2) is 23.0 Å². The Balaban J connectivity index is 1.48. The summed E-state index contributed by atoms with van der Waals surface area (Å²) >= 11 is 0. The highest BCUT2D eigenvalue weighted by Crippen LogP contribution is 2.41. The van der Waals surface area contributed by atoms with Gasteiger partial charge in [-0.25, -0.2) is 0 Å². The van der Waals surface area contributed by atoms with Crippen LogP contribution in [-0.2, 0) is 0 Å². The van der Waals surface area contributed by atoms with Crippen LogP contribution in [0.25, 0.3) is 0 Å². The molecule has 2 aromatic carbocycles. The number of ether oxygens (including phenoxy) is 6. The number of hydrogen-bond acceptors (Lipinski definition) is 8. The summed E-state index contributed by atoms with van der Waals surface area (Å²) in [6.07, 6.45) is -0.907. The summed E-state index contributed by atoms with van der Waals surface area (Å²) in [5.74, 6) is 2.51. The first-order chi connectivity index (χ1) is 15.6. The van der Waals surface area contributed by atoms with E-state index >= 15 is 0 Å². The van der Waals surface area contributed by atoms with Crippen molar-refractivity contribution in [3.8, 4) is 34.5 Å². The number of fused-ring (bicyclic) bond motifs is 1. The summed E-state index contributed by atoms with van der Waals surface area (Å²) in [4.78, 5) is 14.8. The monoisotopic (exact) mass is 445 g/mol. The molecule has 172 valence electrons. The molecule has 1 amide bonds. The standard InChI is InChI=1S/C23H27NO8/c1-27-17-8-7-14(20(28-2)22(17)29-3)23(26)24-10-9-16(15(25)13-24)32-19-6-4-5-18-21(19)31-12-11-30-18/h4-8,15-16,25H,9-13H2,1-3H3/t15-,16-/m1/s1. The molecule has 4 rings (SSSR count). The molecule has 0 aromatic heterocycles. The number of benzene rings is 2. The number of aliphatic hydroxyl groups excluding tert-OH is 1. The van der Waals surface area contributed by atoms with Crippen molar-refractivity contribution in [2.45, 2.75) is 18.6 Å². The van der Waals surface area contributed by atoms with Gasteiger partial charge in [-0.3, -0.25) is 4.79 Å². The second kappa shape index (κ2) is 9.44. The second-order valence-corrected chi connectivity index (χ2v) is 7.43. The van der Waals surface area contributed by atoms with Crippen LogP contribution in [-0.4, -0.2) is 75.8 Å². The third kappa shape index (κ3) is 4.08. The van der Waals surface area contributed by atoms with E-state index in [2.05, 4.69) is 0 Å². The van der Waals surface area contributed by atoms with Crippen LogP contribution in [0.4, 0.5) is 0 Å². The summed E-state index contributed by atoms with van der Waals surface area (Å²) in [6, 6.07) is 8.70. The number of nitrogens with zero attached hydrogens (tertiary/aromatic N) is 1. The highest BCUT2D eigenvalue weighted by molar-refractivity contribution is 5.98. The largest absolute Gasteiger partial charge is 0.493 e. The quantitative estimate of drug-likeness (QED) is 0.723. The average Bonchev–Trinajstić information content (AvgIpc) is 2.83. The average molecular weight is 445 g/mol. The maximum Gasteiger partial charge on any atom is 0.257 e. The van der Waals surface area contributed by atoms with Crippen molar-refractivity contribution in [2.24, 2.45) is 0 Å². The molecule has 2 atom stereocenters. The Morgan fingerprint density at radius 1 is 1.00 bits per heavy atom. The molecule has 9 nitrogen and oxygen atoms in total. The summed E-state index contributed by atoms with van der Waals surface area (Å²) in [6.45, 7) is 1.45. The van der Waals surface area contributed by atoms with E-state index in [-0.39, 0.29) is 18.2 Å². The number of carbonyl (C=O) groups is 1. The lowest BCUT2D eigenvalue weighted by Gasteiger charge is -2.36. The Bertz CT molecular complexity index is 979. The number of likely N-dealkylation sites (tertiary alicyclic amines) is 1. The summed E-state index contributed by atoms with van der Waals surface area (Å²) in [5.41, 5.74) is 0.333. The number of carbonyl (C=O) groups excluding carboxylic acids is 1. The maximum absolute atomic E-state index is 13.2. The van der Waals surface area contributed by atoms with Crippen LogP contribution in [0.2, 0.25) is 0 Å². The first-order valence-corrected chi connectivity index (χ1v) is 10.4. The SMILES string of the molecule is COc1ccc(C(=O)N2CC[C@@H](Oc3cccc4c3OCCO4)[C@H](O)C2)c(OC)c1OC. The molecule has 1 saturated heterocycles. The number of methoxy groups -OCH3 is 3. The molecular formula is C23H27NO8. The molecule has 1 N–H and O–H groups in total. The van der Waals surface area contributed by atoms with Crippen LogP contribution >= 0.6 is 0 Å².